The Hall–Kier alpha value is -2.31. The molecule has 0 fully saturated rings. The maximum Gasteiger partial charge on any atom is 0.0484 e. The number of rotatable bonds is 1. The highest BCUT2D eigenvalue weighted by Gasteiger charge is 2.10. The van der Waals surface area contributed by atoms with Crippen LogP contribution in [-0.4, -0.2) is 0 Å². The van der Waals surface area contributed by atoms with Gasteiger partial charge >= 0.3 is 0 Å². The minimum absolute atomic E-state index is 0.791. The molecule has 0 N–H and O–H groups in total. The van der Waals surface area contributed by atoms with Gasteiger partial charge in [0.2, 0.25) is 0 Å². The zero-order valence-corrected chi connectivity index (χ0v) is 13.1. The molecule has 0 atom stereocenters. The standard InChI is InChI=1S/C21H15Cl/c1-14-10-11-17-19(12-14)16-7-3-2-6-15(16)13-20(17)18-8-4-5-9-21(18)22/h2-13H,1H3. The molecule has 0 saturated carbocycles. The molecule has 0 heterocycles. The van der Waals surface area contributed by atoms with E-state index in [4.69, 9.17) is 11.6 Å². The third kappa shape index (κ3) is 2.08. The van der Waals surface area contributed by atoms with E-state index >= 15 is 0 Å². The van der Waals surface area contributed by atoms with Gasteiger partial charge in [-0.15, -0.1) is 0 Å². The van der Waals surface area contributed by atoms with E-state index in [2.05, 4.69) is 61.5 Å². The molecular formula is C21H15Cl. The summed E-state index contributed by atoms with van der Waals surface area (Å²) in [5.41, 5.74) is 3.55. The molecule has 4 rings (SSSR count). The summed E-state index contributed by atoms with van der Waals surface area (Å²) in [5, 5.41) is 5.86. The van der Waals surface area contributed by atoms with Crippen molar-refractivity contribution in [2.75, 3.05) is 0 Å². The van der Waals surface area contributed by atoms with Crippen molar-refractivity contribution in [2.24, 2.45) is 0 Å². The number of hydrogen-bond acceptors (Lipinski definition) is 0. The molecule has 0 aromatic heterocycles. The number of fused-ring (bicyclic) bond motifs is 3. The van der Waals surface area contributed by atoms with Gasteiger partial charge in [0.25, 0.3) is 0 Å². The van der Waals surface area contributed by atoms with Crippen LogP contribution in [0, 0.1) is 6.92 Å². The SMILES string of the molecule is Cc1ccc2c(-c3ccccc3Cl)cc3ccccc3c2c1. The highest BCUT2D eigenvalue weighted by molar-refractivity contribution is 6.34. The van der Waals surface area contributed by atoms with Crippen molar-refractivity contribution in [2.45, 2.75) is 6.92 Å². The van der Waals surface area contributed by atoms with Gasteiger partial charge in [0.1, 0.15) is 0 Å². The maximum absolute atomic E-state index is 6.44. The zero-order chi connectivity index (χ0) is 15.1. The van der Waals surface area contributed by atoms with E-state index in [-0.39, 0.29) is 0 Å². The molecule has 22 heavy (non-hydrogen) atoms. The summed E-state index contributed by atoms with van der Waals surface area (Å²) in [6, 6.07) is 25.5. The third-order valence-corrected chi connectivity index (χ3v) is 4.51. The predicted octanol–water partition coefficient (Wildman–Crippen LogP) is 6.62. The fourth-order valence-electron chi connectivity index (χ4n) is 3.12. The van der Waals surface area contributed by atoms with Crippen molar-refractivity contribution < 1.29 is 0 Å². The van der Waals surface area contributed by atoms with Gasteiger partial charge in [-0.05, 0) is 46.2 Å². The number of aryl methyl sites for hydroxylation is 1. The third-order valence-electron chi connectivity index (χ3n) is 4.18. The molecule has 4 aromatic rings. The van der Waals surface area contributed by atoms with Crippen LogP contribution >= 0.6 is 11.6 Å². The van der Waals surface area contributed by atoms with E-state index in [1.54, 1.807) is 0 Å². The van der Waals surface area contributed by atoms with E-state index in [0.29, 0.717) is 0 Å². The van der Waals surface area contributed by atoms with Crippen LogP contribution < -0.4 is 0 Å². The summed E-state index contributed by atoms with van der Waals surface area (Å²) in [7, 11) is 0. The van der Waals surface area contributed by atoms with Crippen LogP contribution in [0.4, 0.5) is 0 Å². The van der Waals surface area contributed by atoms with Gasteiger partial charge < -0.3 is 0 Å². The highest BCUT2D eigenvalue weighted by atomic mass is 35.5. The molecular weight excluding hydrogens is 288 g/mol. The first-order chi connectivity index (χ1) is 10.7. The van der Waals surface area contributed by atoms with E-state index in [0.717, 1.165) is 10.6 Å². The van der Waals surface area contributed by atoms with Crippen LogP contribution in [0.1, 0.15) is 5.56 Å². The van der Waals surface area contributed by atoms with E-state index in [9.17, 15) is 0 Å². The number of halogens is 1. The molecule has 0 aliphatic heterocycles. The fraction of sp³-hybridized carbons (Fsp3) is 0.0476. The summed E-state index contributed by atoms with van der Waals surface area (Å²) in [5.74, 6) is 0. The number of benzene rings is 4. The van der Waals surface area contributed by atoms with Crippen molar-refractivity contribution in [3.63, 3.8) is 0 Å². The lowest BCUT2D eigenvalue weighted by Crippen LogP contribution is -1.86. The minimum atomic E-state index is 0.791. The summed E-state index contributed by atoms with van der Waals surface area (Å²) in [6.07, 6.45) is 0. The summed E-state index contributed by atoms with van der Waals surface area (Å²) in [4.78, 5) is 0. The van der Waals surface area contributed by atoms with Gasteiger partial charge in [0.15, 0.2) is 0 Å². The number of hydrogen-bond donors (Lipinski definition) is 0. The van der Waals surface area contributed by atoms with E-state index in [1.807, 2.05) is 18.2 Å². The van der Waals surface area contributed by atoms with Crippen LogP contribution in [0.3, 0.4) is 0 Å². The molecule has 0 bridgehead atoms. The Kier molecular flexibility index (Phi) is 3.13. The maximum atomic E-state index is 6.44. The lowest BCUT2D eigenvalue weighted by atomic mass is 9.92. The van der Waals surface area contributed by atoms with Crippen molar-refractivity contribution in [1.82, 2.24) is 0 Å². The molecule has 0 aliphatic carbocycles. The Morgan fingerprint density at radius 2 is 1.41 bits per heavy atom. The largest absolute Gasteiger partial charge is 0.0837 e. The lowest BCUT2D eigenvalue weighted by Gasteiger charge is -2.12. The van der Waals surface area contributed by atoms with Crippen LogP contribution in [0.5, 0.6) is 0 Å². The molecule has 0 radical (unpaired) electrons. The monoisotopic (exact) mass is 302 g/mol. The Balaban J connectivity index is 2.20. The highest BCUT2D eigenvalue weighted by Crippen LogP contribution is 2.37. The van der Waals surface area contributed by atoms with Crippen LogP contribution in [0.15, 0.2) is 72.8 Å². The molecule has 0 unspecified atom stereocenters. The molecule has 0 saturated heterocycles. The smallest absolute Gasteiger partial charge is 0.0484 e. The Labute approximate surface area is 135 Å². The van der Waals surface area contributed by atoms with Crippen LogP contribution in [0.25, 0.3) is 32.7 Å². The molecule has 0 amide bonds. The minimum Gasteiger partial charge on any atom is -0.0837 e. The van der Waals surface area contributed by atoms with Gasteiger partial charge in [-0.3, -0.25) is 0 Å². The van der Waals surface area contributed by atoms with Gasteiger partial charge in [-0.2, -0.15) is 0 Å². The van der Waals surface area contributed by atoms with Crippen molar-refractivity contribution in [1.29, 1.82) is 0 Å². The van der Waals surface area contributed by atoms with Gasteiger partial charge in [0.05, 0.1) is 0 Å². The predicted molar refractivity (Wildman–Crippen MR) is 96.6 cm³/mol. The normalized spacial score (nSPS) is 11.2. The molecule has 106 valence electrons. The first kappa shape index (κ1) is 13.4. The molecule has 0 spiro atoms. The topological polar surface area (TPSA) is 0 Å². The van der Waals surface area contributed by atoms with Crippen LogP contribution in [-0.2, 0) is 0 Å². The van der Waals surface area contributed by atoms with Crippen molar-refractivity contribution in [3.05, 3.63) is 83.4 Å². The quantitative estimate of drug-likeness (QED) is 0.346. The summed E-state index contributed by atoms with van der Waals surface area (Å²) in [6.45, 7) is 2.14. The second-order valence-corrected chi connectivity index (χ2v) is 6.08. The van der Waals surface area contributed by atoms with Crippen molar-refractivity contribution >= 4 is 33.1 Å². The Morgan fingerprint density at radius 3 is 2.27 bits per heavy atom. The average Bonchev–Trinajstić information content (AvgIpc) is 2.54. The second kappa shape index (κ2) is 5.15. The molecule has 0 aliphatic rings. The summed E-state index contributed by atoms with van der Waals surface area (Å²) < 4.78 is 0. The Bertz CT molecular complexity index is 999. The van der Waals surface area contributed by atoms with Gasteiger partial charge in [-0.25, -0.2) is 0 Å². The van der Waals surface area contributed by atoms with Crippen LogP contribution in [0.2, 0.25) is 5.02 Å². The van der Waals surface area contributed by atoms with E-state index < -0.39 is 0 Å². The average molecular weight is 303 g/mol. The Morgan fingerprint density at radius 1 is 0.636 bits per heavy atom. The molecule has 4 aromatic carbocycles. The first-order valence-electron chi connectivity index (χ1n) is 7.41. The molecule has 0 nitrogen and oxygen atoms in total. The van der Waals surface area contributed by atoms with Gasteiger partial charge in [0, 0.05) is 10.6 Å². The first-order valence-corrected chi connectivity index (χ1v) is 7.79. The van der Waals surface area contributed by atoms with Gasteiger partial charge in [-0.1, -0.05) is 77.8 Å². The molecule has 1 heteroatoms. The zero-order valence-electron chi connectivity index (χ0n) is 12.3. The van der Waals surface area contributed by atoms with Crippen molar-refractivity contribution in [3.8, 4) is 11.1 Å². The summed E-state index contributed by atoms with van der Waals surface area (Å²) >= 11 is 6.44. The fourth-order valence-corrected chi connectivity index (χ4v) is 3.36. The second-order valence-electron chi connectivity index (χ2n) is 5.67. The van der Waals surface area contributed by atoms with E-state index in [1.165, 1.54) is 32.7 Å². The lowest BCUT2D eigenvalue weighted by molar-refractivity contribution is 1.51.